The molecule has 1 N–H and O–H groups in total. The van der Waals surface area contributed by atoms with E-state index in [9.17, 15) is 31.1 Å². The van der Waals surface area contributed by atoms with Gasteiger partial charge in [0.2, 0.25) is 5.89 Å². The van der Waals surface area contributed by atoms with Gasteiger partial charge >= 0.3 is 18.4 Å². The first-order valence-corrected chi connectivity index (χ1v) is 10.4. The number of aromatic nitrogens is 2. The van der Waals surface area contributed by atoms with Crippen LogP contribution in [0.15, 0.2) is 51.8 Å². The highest BCUT2D eigenvalue weighted by molar-refractivity contribution is 7.99. The second-order valence-corrected chi connectivity index (χ2v) is 8.89. The van der Waals surface area contributed by atoms with E-state index in [4.69, 9.17) is 4.42 Å². The molecule has 0 saturated carbocycles. The van der Waals surface area contributed by atoms with Gasteiger partial charge in [0.05, 0.1) is 17.5 Å². The third kappa shape index (κ3) is 6.73. The van der Waals surface area contributed by atoms with Crippen molar-refractivity contribution in [2.75, 3.05) is 5.32 Å². The number of amides is 1. The van der Waals surface area contributed by atoms with Crippen molar-refractivity contribution in [3.8, 4) is 0 Å². The molecule has 0 aliphatic carbocycles. The van der Waals surface area contributed by atoms with E-state index >= 15 is 0 Å². The minimum atomic E-state index is -5.07. The largest absolute Gasteiger partial charge is 0.416 e. The van der Waals surface area contributed by atoms with Crippen molar-refractivity contribution in [3.63, 3.8) is 0 Å². The maximum atomic E-state index is 13.0. The number of rotatable bonds is 6. The van der Waals surface area contributed by atoms with Gasteiger partial charge in [0.15, 0.2) is 0 Å². The number of halogens is 6. The maximum absolute atomic E-state index is 13.0. The lowest BCUT2D eigenvalue weighted by molar-refractivity contribution is -0.143. The summed E-state index contributed by atoms with van der Waals surface area (Å²) in [6.45, 7) is 4.13. The molecule has 33 heavy (non-hydrogen) atoms. The number of benzene rings is 2. The van der Waals surface area contributed by atoms with Gasteiger partial charge in [-0.3, -0.25) is 10.1 Å². The molecule has 0 unspecified atom stereocenters. The summed E-state index contributed by atoms with van der Waals surface area (Å²) >= 11 is 1.69. The van der Waals surface area contributed by atoms with Crippen LogP contribution in [0.2, 0.25) is 0 Å². The van der Waals surface area contributed by atoms with Crippen molar-refractivity contribution in [1.29, 1.82) is 0 Å². The zero-order valence-electron chi connectivity index (χ0n) is 17.2. The Bertz CT molecular complexity index is 1090. The van der Waals surface area contributed by atoms with Crippen molar-refractivity contribution in [2.24, 2.45) is 0 Å². The summed E-state index contributed by atoms with van der Waals surface area (Å²) in [6, 6.07) is 7.68. The lowest BCUT2D eigenvalue weighted by Crippen LogP contribution is -2.17. The zero-order chi connectivity index (χ0) is 24.4. The number of carbonyl (C=O) groups excluding carboxylic acids is 1. The van der Waals surface area contributed by atoms with E-state index in [0.29, 0.717) is 17.4 Å². The quantitative estimate of drug-likeness (QED) is 0.318. The molecule has 0 fully saturated rings. The summed E-state index contributed by atoms with van der Waals surface area (Å²) in [5.41, 5.74) is -3.23. The molecule has 0 radical (unpaired) electrons. The molecule has 1 aromatic heterocycles. The Kier molecular flexibility index (Phi) is 7.06. The second-order valence-electron chi connectivity index (χ2n) is 7.24. The third-order valence-electron chi connectivity index (χ3n) is 4.19. The van der Waals surface area contributed by atoms with Crippen LogP contribution in [-0.2, 0) is 18.8 Å². The Morgan fingerprint density at radius 3 is 2.06 bits per heavy atom. The van der Waals surface area contributed by atoms with Crippen LogP contribution in [0, 0.1) is 0 Å². The number of hydrogen-bond acceptors (Lipinski definition) is 5. The van der Waals surface area contributed by atoms with Gasteiger partial charge in [-0.15, -0.1) is 16.9 Å². The molecule has 0 saturated heterocycles. The van der Waals surface area contributed by atoms with Gasteiger partial charge < -0.3 is 4.42 Å². The molecule has 0 bridgehead atoms. The smallest absolute Gasteiger partial charge is 0.407 e. The van der Waals surface area contributed by atoms with Gasteiger partial charge in [-0.1, -0.05) is 31.1 Å². The normalized spacial score (nSPS) is 12.3. The molecular formula is C21H17F6N3O2S. The fourth-order valence-electron chi connectivity index (χ4n) is 2.76. The lowest BCUT2D eigenvalue weighted by atomic mass is 10.0. The Hall–Kier alpha value is -3.02. The highest BCUT2D eigenvalue weighted by atomic mass is 32.2. The molecule has 176 valence electrons. The Morgan fingerprint density at radius 1 is 0.970 bits per heavy atom. The van der Waals surface area contributed by atoms with E-state index in [-0.39, 0.29) is 18.4 Å². The standard InChI is InChI=1S/C21H17F6N3O2S/c1-11(2)33-16-5-3-12(4-6-16)7-17-29-30-19(32-17)28-18(31)13-8-14(20(22,23)24)10-15(9-13)21(25,26)27/h3-6,8-11H,7H2,1-2H3,(H,28,30,31). The summed E-state index contributed by atoms with van der Waals surface area (Å²) in [5, 5.41) is 9.78. The molecular weight excluding hydrogens is 472 g/mol. The molecule has 0 spiro atoms. The van der Waals surface area contributed by atoms with Crippen LogP contribution in [0.5, 0.6) is 0 Å². The Balaban J connectivity index is 1.74. The summed E-state index contributed by atoms with van der Waals surface area (Å²) < 4.78 is 83.2. The zero-order valence-corrected chi connectivity index (χ0v) is 18.0. The molecule has 5 nitrogen and oxygen atoms in total. The van der Waals surface area contributed by atoms with Gasteiger partial charge in [0.1, 0.15) is 0 Å². The van der Waals surface area contributed by atoms with E-state index in [2.05, 4.69) is 24.0 Å². The predicted octanol–water partition coefficient (Wildman–Crippen LogP) is 6.45. The highest BCUT2D eigenvalue weighted by Gasteiger charge is 2.37. The highest BCUT2D eigenvalue weighted by Crippen LogP contribution is 2.36. The minimum absolute atomic E-state index is 0.0630. The van der Waals surface area contributed by atoms with E-state index in [1.165, 1.54) is 0 Å². The summed E-state index contributed by atoms with van der Waals surface area (Å²) in [6.07, 6.45) is -9.92. The number of hydrogen-bond donors (Lipinski definition) is 1. The number of carbonyl (C=O) groups is 1. The van der Waals surface area contributed by atoms with Crippen LogP contribution < -0.4 is 5.32 Å². The average molecular weight is 489 g/mol. The SMILES string of the molecule is CC(C)Sc1ccc(Cc2nnc(NC(=O)c3cc(C(F)(F)F)cc(C(F)(F)F)c3)o2)cc1. The fourth-order valence-corrected chi connectivity index (χ4v) is 3.60. The summed E-state index contributed by atoms with van der Waals surface area (Å²) in [7, 11) is 0. The Morgan fingerprint density at radius 2 is 1.55 bits per heavy atom. The van der Waals surface area contributed by atoms with Crippen LogP contribution in [0.3, 0.4) is 0 Å². The van der Waals surface area contributed by atoms with Gasteiger partial charge in [0.25, 0.3) is 5.91 Å². The molecule has 2 aromatic carbocycles. The summed E-state index contributed by atoms with van der Waals surface area (Å²) in [4.78, 5) is 13.4. The van der Waals surface area contributed by atoms with E-state index in [0.717, 1.165) is 10.5 Å². The monoisotopic (exact) mass is 489 g/mol. The van der Waals surface area contributed by atoms with Crippen molar-refractivity contribution in [1.82, 2.24) is 10.2 Å². The molecule has 1 heterocycles. The first-order valence-electron chi connectivity index (χ1n) is 9.50. The van der Waals surface area contributed by atoms with Gasteiger partial charge in [0, 0.05) is 15.7 Å². The molecule has 1 amide bonds. The van der Waals surface area contributed by atoms with E-state index in [1.54, 1.807) is 11.8 Å². The van der Waals surface area contributed by atoms with Crippen molar-refractivity contribution in [3.05, 3.63) is 70.6 Å². The third-order valence-corrected chi connectivity index (χ3v) is 5.20. The number of alkyl halides is 6. The molecule has 12 heteroatoms. The van der Waals surface area contributed by atoms with Gasteiger partial charge in [-0.25, -0.2) is 0 Å². The Labute approximate surface area is 188 Å². The average Bonchev–Trinajstić information content (AvgIpc) is 3.14. The molecule has 3 aromatic rings. The second kappa shape index (κ2) is 9.46. The van der Waals surface area contributed by atoms with Crippen LogP contribution in [0.1, 0.15) is 46.8 Å². The van der Waals surface area contributed by atoms with Crippen molar-refractivity contribution < 1.29 is 35.6 Å². The van der Waals surface area contributed by atoms with Crippen molar-refractivity contribution >= 4 is 23.7 Å². The molecule has 0 aliphatic rings. The minimum Gasteiger partial charge on any atom is -0.407 e. The van der Waals surface area contributed by atoms with Crippen molar-refractivity contribution in [2.45, 2.75) is 42.8 Å². The number of nitrogens with zero attached hydrogens (tertiary/aromatic N) is 2. The topological polar surface area (TPSA) is 68.0 Å². The first-order chi connectivity index (χ1) is 15.3. The first kappa shape index (κ1) is 24.6. The van der Waals surface area contributed by atoms with Crippen LogP contribution in [-0.4, -0.2) is 21.4 Å². The molecule has 0 atom stereocenters. The van der Waals surface area contributed by atoms with E-state index < -0.39 is 41.0 Å². The molecule has 3 rings (SSSR count). The van der Waals surface area contributed by atoms with E-state index in [1.807, 2.05) is 29.6 Å². The maximum Gasteiger partial charge on any atom is 0.416 e. The van der Waals surface area contributed by atoms with Gasteiger partial charge in [-0.2, -0.15) is 26.3 Å². The summed E-state index contributed by atoms with van der Waals surface area (Å²) in [5.74, 6) is -1.15. The van der Waals surface area contributed by atoms with Crippen LogP contribution >= 0.6 is 11.8 Å². The molecule has 0 aliphatic heterocycles. The number of nitrogens with one attached hydrogen (secondary N) is 1. The van der Waals surface area contributed by atoms with Gasteiger partial charge in [-0.05, 0) is 35.9 Å². The predicted molar refractivity (Wildman–Crippen MR) is 109 cm³/mol. The number of anilines is 1. The lowest BCUT2D eigenvalue weighted by Gasteiger charge is -2.13. The van der Waals surface area contributed by atoms with Crippen LogP contribution in [0.4, 0.5) is 32.4 Å². The van der Waals surface area contributed by atoms with Crippen LogP contribution in [0.25, 0.3) is 0 Å². The number of thioether (sulfide) groups is 1. The fraction of sp³-hybridized carbons (Fsp3) is 0.286.